The number of aliphatic hydroxyl groups excluding tert-OH is 1. The van der Waals surface area contributed by atoms with E-state index < -0.39 is 0 Å². The molecular weight excluding hydrogens is 252 g/mol. The highest BCUT2D eigenvalue weighted by molar-refractivity contribution is 5.29. The van der Waals surface area contributed by atoms with E-state index in [4.69, 9.17) is 10.5 Å². The van der Waals surface area contributed by atoms with Crippen LogP contribution in [-0.4, -0.2) is 48.0 Å². The second-order valence-electron chi connectivity index (χ2n) is 6.22. The smallest absolute Gasteiger partial charge is 0.0940 e. The van der Waals surface area contributed by atoms with Crippen LogP contribution in [0, 0.1) is 6.92 Å². The van der Waals surface area contributed by atoms with Crippen LogP contribution in [0.5, 0.6) is 0 Å². The van der Waals surface area contributed by atoms with E-state index in [-0.39, 0.29) is 24.4 Å². The standard InChI is InChI=1S/C16H26N2O2/c1-12-6-4-5-7-14(12)15(8-17)18-9-13(10-19)20-16(2,3)11-18/h4-7,13,15,19H,8-11,17H2,1-3H3. The molecule has 0 aliphatic carbocycles. The third-order valence-corrected chi connectivity index (χ3v) is 3.92. The monoisotopic (exact) mass is 278 g/mol. The Labute approximate surface area is 121 Å². The van der Waals surface area contributed by atoms with E-state index in [1.807, 2.05) is 6.07 Å². The van der Waals surface area contributed by atoms with Gasteiger partial charge in [0.2, 0.25) is 0 Å². The number of ether oxygens (including phenoxy) is 1. The van der Waals surface area contributed by atoms with Crippen molar-refractivity contribution in [1.82, 2.24) is 4.90 Å². The van der Waals surface area contributed by atoms with Crippen molar-refractivity contribution in [3.05, 3.63) is 35.4 Å². The second kappa shape index (κ2) is 6.22. The maximum Gasteiger partial charge on any atom is 0.0940 e. The van der Waals surface area contributed by atoms with Gasteiger partial charge in [-0.05, 0) is 31.9 Å². The number of hydrogen-bond acceptors (Lipinski definition) is 4. The Morgan fingerprint density at radius 2 is 2.15 bits per heavy atom. The van der Waals surface area contributed by atoms with Gasteiger partial charge in [-0.1, -0.05) is 24.3 Å². The number of benzene rings is 1. The number of hydrogen-bond donors (Lipinski definition) is 2. The van der Waals surface area contributed by atoms with Gasteiger partial charge in [-0.25, -0.2) is 0 Å². The molecule has 1 aliphatic heterocycles. The first-order chi connectivity index (χ1) is 9.46. The molecule has 4 heteroatoms. The summed E-state index contributed by atoms with van der Waals surface area (Å²) in [6.07, 6.45) is -0.142. The number of aliphatic hydroxyl groups is 1. The molecular formula is C16H26N2O2. The number of rotatable bonds is 4. The Bertz CT molecular complexity index is 448. The first-order valence-corrected chi connectivity index (χ1v) is 7.25. The summed E-state index contributed by atoms with van der Waals surface area (Å²) >= 11 is 0. The lowest BCUT2D eigenvalue weighted by Crippen LogP contribution is -2.55. The van der Waals surface area contributed by atoms with Gasteiger partial charge in [0.25, 0.3) is 0 Å². The molecule has 1 fully saturated rings. The summed E-state index contributed by atoms with van der Waals surface area (Å²) < 4.78 is 5.88. The van der Waals surface area contributed by atoms with Gasteiger partial charge in [-0.2, -0.15) is 0 Å². The van der Waals surface area contributed by atoms with E-state index >= 15 is 0 Å². The van der Waals surface area contributed by atoms with Gasteiger partial charge in [-0.15, -0.1) is 0 Å². The average Bonchev–Trinajstić information content (AvgIpc) is 2.40. The van der Waals surface area contributed by atoms with Crippen LogP contribution in [0.15, 0.2) is 24.3 Å². The molecule has 2 rings (SSSR count). The van der Waals surface area contributed by atoms with Crippen LogP contribution in [0.25, 0.3) is 0 Å². The Morgan fingerprint density at radius 3 is 2.75 bits per heavy atom. The fourth-order valence-electron chi connectivity index (χ4n) is 3.11. The van der Waals surface area contributed by atoms with Crippen molar-refractivity contribution in [3.63, 3.8) is 0 Å². The zero-order valence-electron chi connectivity index (χ0n) is 12.7. The van der Waals surface area contributed by atoms with Crippen LogP contribution in [0.2, 0.25) is 0 Å². The lowest BCUT2D eigenvalue weighted by Gasteiger charge is -2.45. The third kappa shape index (κ3) is 3.38. The lowest BCUT2D eigenvalue weighted by atomic mass is 9.96. The molecule has 0 bridgehead atoms. The number of morpholine rings is 1. The summed E-state index contributed by atoms with van der Waals surface area (Å²) in [5.74, 6) is 0. The minimum atomic E-state index is -0.262. The normalized spacial score (nSPS) is 24.6. The fourth-order valence-corrected chi connectivity index (χ4v) is 3.11. The van der Waals surface area contributed by atoms with Gasteiger partial charge in [0.15, 0.2) is 0 Å². The van der Waals surface area contributed by atoms with E-state index in [1.54, 1.807) is 0 Å². The van der Waals surface area contributed by atoms with Crippen molar-refractivity contribution in [2.24, 2.45) is 5.73 Å². The van der Waals surface area contributed by atoms with Gasteiger partial charge in [0.05, 0.1) is 18.3 Å². The predicted octanol–water partition coefficient (Wildman–Crippen LogP) is 1.47. The Morgan fingerprint density at radius 1 is 1.45 bits per heavy atom. The lowest BCUT2D eigenvalue weighted by molar-refractivity contribution is -0.156. The third-order valence-electron chi connectivity index (χ3n) is 3.92. The summed E-state index contributed by atoms with van der Waals surface area (Å²) in [5.41, 5.74) is 8.30. The van der Waals surface area contributed by atoms with Crippen molar-refractivity contribution < 1.29 is 9.84 Å². The fraction of sp³-hybridized carbons (Fsp3) is 0.625. The summed E-state index contributed by atoms with van der Waals surface area (Å²) in [6, 6.07) is 8.54. The second-order valence-corrected chi connectivity index (χ2v) is 6.22. The van der Waals surface area contributed by atoms with Crippen LogP contribution in [-0.2, 0) is 4.74 Å². The molecule has 2 atom stereocenters. The molecule has 1 aliphatic rings. The van der Waals surface area contributed by atoms with Crippen molar-refractivity contribution >= 4 is 0 Å². The summed E-state index contributed by atoms with van der Waals surface area (Å²) in [7, 11) is 0. The minimum absolute atomic E-state index is 0.0466. The molecule has 0 saturated carbocycles. The Hall–Kier alpha value is -0.940. The molecule has 2 unspecified atom stereocenters. The summed E-state index contributed by atoms with van der Waals surface area (Å²) in [4.78, 5) is 2.34. The molecule has 112 valence electrons. The number of nitrogens with two attached hydrogens (primary N) is 1. The molecule has 0 spiro atoms. The zero-order chi connectivity index (χ0) is 14.8. The predicted molar refractivity (Wildman–Crippen MR) is 80.6 cm³/mol. The SMILES string of the molecule is Cc1ccccc1C(CN)N1CC(CO)OC(C)(C)C1. The minimum Gasteiger partial charge on any atom is -0.394 e. The van der Waals surface area contributed by atoms with E-state index in [1.165, 1.54) is 11.1 Å². The first-order valence-electron chi connectivity index (χ1n) is 7.25. The highest BCUT2D eigenvalue weighted by Crippen LogP contribution is 2.29. The van der Waals surface area contributed by atoms with Gasteiger partial charge >= 0.3 is 0 Å². The average molecular weight is 278 g/mol. The van der Waals surface area contributed by atoms with E-state index in [0.717, 1.165) is 13.1 Å². The van der Waals surface area contributed by atoms with Crippen LogP contribution in [0.4, 0.5) is 0 Å². The van der Waals surface area contributed by atoms with Gasteiger partial charge in [0, 0.05) is 25.7 Å². The highest BCUT2D eigenvalue weighted by atomic mass is 16.5. The summed E-state index contributed by atoms with van der Waals surface area (Å²) in [5, 5.41) is 9.44. The Kier molecular flexibility index (Phi) is 4.81. The van der Waals surface area contributed by atoms with Gasteiger partial charge in [-0.3, -0.25) is 4.90 Å². The van der Waals surface area contributed by atoms with Gasteiger partial charge < -0.3 is 15.6 Å². The molecule has 1 aromatic rings. The van der Waals surface area contributed by atoms with Gasteiger partial charge in [0.1, 0.15) is 0 Å². The maximum absolute atomic E-state index is 9.44. The van der Waals surface area contributed by atoms with Crippen LogP contribution in [0.3, 0.4) is 0 Å². The number of nitrogens with zero attached hydrogens (tertiary/aromatic N) is 1. The molecule has 1 heterocycles. The van der Waals surface area contributed by atoms with Crippen molar-refractivity contribution in [1.29, 1.82) is 0 Å². The molecule has 1 aromatic carbocycles. The van der Waals surface area contributed by atoms with Crippen molar-refractivity contribution in [2.75, 3.05) is 26.2 Å². The molecule has 0 amide bonds. The first kappa shape index (κ1) is 15.4. The zero-order valence-corrected chi connectivity index (χ0v) is 12.7. The van der Waals surface area contributed by atoms with E-state index in [0.29, 0.717) is 6.54 Å². The maximum atomic E-state index is 9.44. The largest absolute Gasteiger partial charge is 0.394 e. The number of aryl methyl sites for hydroxylation is 1. The Balaban J connectivity index is 2.25. The molecule has 20 heavy (non-hydrogen) atoms. The van der Waals surface area contributed by atoms with Crippen LogP contribution in [0.1, 0.15) is 31.0 Å². The summed E-state index contributed by atoms with van der Waals surface area (Å²) in [6.45, 7) is 8.40. The molecule has 4 nitrogen and oxygen atoms in total. The van der Waals surface area contributed by atoms with E-state index in [2.05, 4.69) is 43.9 Å². The van der Waals surface area contributed by atoms with Crippen LogP contribution < -0.4 is 5.73 Å². The molecule has 0 radical (unpaired) electrons. The molecule has 1 saturated heterocycles. The molecule has 3 N–H and O–H groups in total. The van der Waals surface area contributed by atoms with Crippen molar-refractivity contribution in [3.8, 4) is 0 Å². The topological polar surface area (TPSA) is 58.7 Å². The van der Waals surface area contributed by atoms with E-state index in [9.17, 15) is 5.11 Å². The van der Waals surface area contributed by atoms with Crippen molar-refractivity contribution in [2.45, 2.75) is 38.5 Å². The molecule has 0 aromatic heterocycles. The highest BCUT2D eigenvalue weighted by Gasteiger charge is 2.36. The van der Waals surface area contributed by atoms with Crippen LogP contribution >= 0.6 is 0 Å². The quantitative estimate of drug-likeness (QED) is 0.875.